The van der Waals surface area contributed by atoms with Crippen LogP contribution in [0.4, 0.5) is 0 Å². The third-order valence-electron chi connectivity index (χ3n) is 4.57. The van der Waals surface area contributed by atoms with Crippen molar-refractivity contribution in [3.63, 3.8) is 0 Å². The number of halogens is 1. The molecule has 0 bridgehead atoms. The number of carbonyl (C=O) groups excluding carboxylic acids is 1. The Kier molecular flexibility index (Phi) is 5.01. The van der Waals surface area contributed by atoms with Gasteiger partial charge in [-0.25, -0.2) is 0 Å². The maximum absolute atomic E-state index is 12.0. The molecule has 1 aromatic carbocycles. The van der Waals surface area contributed by atoms with Crippen molar-refractivity contribution in [1.82, 2.24) is 10.2 Å². The summed E-state index contributed by atoms with van der Waals surface area (Å²) >= 11 is 5.86. The molecule has 1 saturated carbocycles. The van der Waals surface area contributed by atoms with Crippen molar-refractivity contribution in [2.24, 2.45) is 5.92 Å². The summed E-state index contributed by atoms with van der Waals surface area (Å²) in [4.78, 5) is 14.3. The molecule has 1 saturated heterocycles. The van der Waals surface area contributed by atoms with Crippen molar-refractivity contribution >= 4 is 17.5 Å². The molecule has 1 aliphatic heterocycles. The van der Waals surface area contributed by atoms with E-state index in [0.29, 0.717) is 17.6 Å². The van der Waals surface area contributed by atoms with E-state index in [2.05, 4.69) is 10.2 Å². The van der Waals surface area contributed by atoms with Gasteiger partial charge in [0, 0.05) is 23.5 Å². The fourth-order valence-electron chi connectivity index (χ4n) is 2.96. The van der Waals surface area contributed by atoms with Crippen molar-refractivity contribution in [3.8, 4) is 0 Å². The van der Waals surface area contributed by atoms with Crippen LogP contribution in [0.1, 0.15) is 37.4 Å². The summed E-state index contributed by atoms with van der Waals surface area (Å²) in [5.74, 6) is 0.366. The van der Waals surface area contributed by atoms with Crippen LogP contribution in [-0.4, -0.2) is 41.6 Å². The van der Waals surface area contributed by atoms with Gasteiger partial charge in [-0.3, -0.25) is 4.79 Å². The van der Waals surface area contributed by atoms with E-state index in [1.807, 2.05) is 12.1 Å². The number of rotatable bonds is 5. The van der Waals surface area contributed by atoms with Crippen LogP contribution in [0.25, 0.3) is 0 Å². The van der Waals surface area contributed by atoms with E-state index >= 15 is 0 Å². The van der Waals surface area contributed by atoms with E-state index in [0.717, 1.165) is 44.3 Å². The fraction of sp³-hybridized carbons (Fsp3) is 0.588. The molecule has 2 fully saturated rings. The van der Waals surface area contributed by atoms with Crippen molar-refractivity contribution < 1.29 is 9.90 Å². The first kappa shape index (κ1) is 15.8. The molecule has 1 aliphatic carbocycles. The lowest BCUT2D eigenvalue weighted by Crippen LogP contribution is -2.42. The number of likely N-dealkylation sites (tertiary alicyclic amines) is 1. The summed E-state index contributed by atoms with van der Waals surface area (Å²) < 4.78 is 0. The summed E-state index contributed by atoms with van der Waals surface area (Å²) in [5, 5.41) is 14.1. The summed E-state index contributed by atoms with van der Waals surface area (Å²) in [6.07, 6.45) is 3.53. The van der Waals surface area contributed by atoms with Gasteiger partial charge in [0.1, 0.15) is 0 Å². The van der Waals surface area contributed by atoms with Gasteiger partial charge in [-0.05, 0) is 56.5 Å². The molecule has 5 heteroatoms. The lowest BCUT2D eigenvalue weighted by atomic mass is 9.95. The summed E-state index contributed by atoms with van der Waals surface area (Å²) in [5.41, 5.74) is 0.887. The molecule has 1 unspecified atom stereocenters. The Bertz CT molecular complexity index is 508. The van der Waals surface area contributed by atoms with Crippen molar-refractivity contribution in [2.45, 2.75) is 37.8 Å². The molecular formula is C17H23ClN2O2. The number of amides is 1. The number of nitrogens with one attached hydrogen (secondary N) is 1. The maximum atomic E-state index is 12.0. The SMILES string of the molecule is O=C(NC1CC1)C1CCN(CC(O)c2ccc(Cl)cc2)CC1. The molecule has 2 N–H and O–H groups in total. The first-order chi connectivity index (χ1) is 10.6. The van der Waals surface area contributed by atoms with Crippen LogP contribution in [0.2, 0.25) is 5.02 Å². The number of β-amino-alcohol motifs (C(OH)–C–C–N with tert-alkyl or cyclic N) is 1. The number of aliphatic hydroxyl groups excluding tert-OH is 1. The second-order valence-electron chi connectivity index (χ2n) is 6.43. The van der Waals surface area contributed by atoms with Gasteiger partial charge < -0.3 is 15.3 Å². The highest BCUT2D eigenvalue weighted by Crippen LogP contribution is 2.24. The highest BCUT2D eigenvalue weighted by atomic mass is 35.5. The summed E-state index contributed by atoms with van der Waals surface area (Å²) in [6, 6.07) is 7.77. The van der Waals surface area contributed by atoms with Gasteiger partial charge in [0.2, 0.25) is 5.91 Å². The zero-order valence-electron chi connectivity index (χ0n) is 12.7. The Morgan fingerprint density at radius 2 is 1.86 bits per heavy atom. The topological polar surface area (TPSA) is 52.6 Å². The minimum atomic E-state index is -0.505. The van der Waals surface area contributed by atoms with Gasteiger partial charge in [-0.2, -0.15) is 0 Å². The number of aliphatic hydroxyl groups is 1. The molecule has 22 heavy (non-hydrogen) atoms. The maximum Gasteiger partial charge on any atom is 0.223 e. The Morgan fingerprint density at radius 3 is 2.45 bits per heavy atom. The van der Waals surface area contributed by atoms with Crippen LogP contribution >= 0.6 is 11.6 Å². The van der Waals surface area contributed by atoms with Gasteiger partial charge in [0.05, 0.1) is 6.10 Å². The molecule has 0 aromatic heterocycles. The summed E-state index contributed by atoms with van der Waals surface area (Å²) in [7, 11) is 0. The van der Waals surface area contributed by atoms with Gasteiger partial charge >= 0.3 is 0 Å². The van der Waals surface area contributed by atoms with Crippen LogP contribution in [-0.2, 0) is 4.79 Å². The van der Waals surface area contributed by atoms with E-state index in [9.17, 15) is 9.90 Å². The third kappa shape index (κ3) is 4.22. The van der Waals surface area contributed by atoms with E-state index < -0.39 is 6.10 Å². The van der Waals surface area contributed by atoms with Gasteiger partial charge in [-0.15, -0.1) is 0 Å². The van der Waals surface area contributed by atoms with Gasteiger partial charge in [-0.1, -0.05) is 23.7 Å². The smallest absolute Gasteiger partial charge is 0.223 e. The minimum Gasteiger partial charge on any atom is -0.387 e. The lowest BCUT2D eigenvalue weighted by molar-refractivity contribution is -0.126. The Hall–Kier alpha value is -1.10. The fourth-order valence-corrected chi connectivity index (χ4v) is 3.09. The molecule has 1 amide bonds. The Labute approximate surface area is 136 Å². The largest absolute Gasteiger partial charge is 0.387 e. The normalized spacial score (nSPS) is 21.5. The highest BCUT2D eigenvalue weighted by Gasteiger charge is 2.30. The van der Waals surface area contributed by atoms with Crippen LogP contribution in [0.3, 0.4) is 0 Å². The number of hydrogen-bond donors (Lipinski definition) is 2. The number of benzene rings is 1. The molecule has 0 radical (unpaired) electrons. The number of hydrogen-bond acceptors (Lipinski definition) is 3. The molecule has 2 aliphatic rings. The Balaban J connectivity index is 1.44. The molecule has 3 rings (SSSR count). The van der Waals surface area contributed by atoms with Crippen LogP contribution in [0, 0.1) is 5.92 Å². The highest BCUT2D eigenvalue weighted by molar-refractivity contribution is 6.30. The quantitative estimate of drug-likeness (QED) is 0.875. The first-order valence-corrected chi connectivity index (χ1v) is 8.46. The molecule has 120 valence electrons. The van der Waals surface area contributed by atoms with Crippen LogP contribution in [0.15, 0.2) is 24.3 Å². The monoisotopic (exact) mass is 322 g/mol. The zero-order chi connectivity index (χ0) is 15.5. The standard InChI is InChI=1S/C17H23ClN2O2/c18-14-3-1-12(2-4-14)16(21)11-20-9-7-13(8-10-20)17(22)19-15-5-6-15/h1-4,13,15-16,21H,5-11H2,(H,19,22). The lowest BCUT2D eigenvalue weighted by Gasteiger charge is -2.32. The summed E-state index contributed by atoms with van der Waals surface area (Å²) in [6.45, 7) is 2.35. The predicted octanol–water partition coefficient (Wildman–Crippen LogP) is 2.36. The van der Waals surface area contributed by atoms with Crippen LogP contribution < -0.4 is 5.32 Å². The molecule has 4 nitrogen and oxygen atoms in total. The molecule has 0 spiro atoms. The molecule has 1 atom stereocenters. The number of nitrogens with zero attached hydrogens (tertiary/aromatic N) is 1. The van der Waals surface area contributed by atoms with Crippen molar-refractivity contribution in [3.05, 3.63) is 34.9 Å². The van der Waals surface area contributed by atoms with E-state index in [-0.39, 0.29) is 11.8 Å². The van der Waals surface area contributed by atoms with Gasteiger partial charge in [0.25, 0.3) is 0 Å². The second kappa shape index (κ2) is 6.99. The first-order valence-electron chi connectivity index (χ1n) is 8.08. The molecular weight excluding hydrogens is 300 g/mol. The minimum absolute atomic E-state index is 0.143. The Morgan fingerprint density at radius 1 is 1.23 bits per heavy atom. The predicted molar refractivity (Wildman–Crippen MR) is 86.7 cm³/mol. The van der Waals surface area contributed by atoms with Crippen molar-refractivity contribution in [1.29, 1.82) is 0 Å². The average molecular weight is 323 g/mol. The van der Waals surface area contributed by atoms with Gasteiger partial charge in [0.15, 0.2) is 0 Å². The molecule has 1 aromatic rings. The number of carbonyl (C=O) groups is 1. The van der Waals surface area contributed by atoms with E-state index in [1.54, 1.807) is 12.1 Å². The van der Waals surface area contributed by atoms with E-state index in [1.165, 1.54) is 0 Å². The van der Waals surface area contributed by atoms with Crippen LogP contribution in [0.5, 0.6) is 0 Å². The number of piperidine rings is 1. The molecule has 1 heterocycles. The third-order valence-corrected chi connectivity index (χ3v) is 4.82. The zero-order valence-corrected chi connectivity index (χ0v) is 13.4. The average Bonchev–Trinajstić information content (AvgIpc) is 3.32. The second-order valence-corrected chi connectivity index (χ2v) is 6.86. The van der Waals surface area contributed by atoms with E-state index in [4.69, 9.17) is 11.6 Å². The van der Waals surface area contributed by atoms with Crippen molar-refractivity contribution in [2.75, 3.05) is 19.6 Å².